The number of hydrogen-bond donors (Lipinski definition) is 2. The molecule has 6 heteroatoms. The molecule has 1 aromatic heterocycles. The van der Waals surface area contributed by atoms with Gasteiger partial charge in [-0.25, -0.2) is 9.78 Å². The third-order valence-corrected chi connectivity index (χ3v) is 2.78. The van der Waals surface area contributed by atoms with E-state index in [1.165, 1.54) is 10.8 Å². The second-order valence-electron chi connectivity index (χ2n) is 4.02. The molecule has 1 aliphatic rings. The number of aliphatic hydroxyl groups excluding tert-OH is 2. The highest BCUT2D eigenvalue weighted by molar-refractivity contribution is 5.28. The first kappa shape index (κ1) is 12.8. The minimum atomic E-state index is -0.784. The predicted molar refractivity (Wildman–Crippen MR) is 62.7 cm³/mol. The second kappa shape index (κ2) is 5.31. The van der Waals surface area contributed by atoms with E-state index < -0.39 is 24.1 Å². The van der Waals surface area contributed by atoms with Gasteiger partial charge in [0.05, 0.1) is 18.3 Å². The molecule has 0 spiro atoms. The Morgan fingerprint density at radius 1 is 1.67 bits per heavy atom. The summed E-state index contributed by atoms with van der Waals surface area (Å²) < 4.78 is 6.69. The lowest BCUT2D eigenvalue weighted by atomic mass is 10.2. The average Bonchev–Trinajstić information content (AvgIpc) is 2.73. The average molecular weight is 250 g/mol. The van der Waals surface area contributed by atoms with Crippen LogP contribution in [-0.2, 0) is 4.74 Å². The lowest BCUT2D eigenvalue weighted by molar-refractivity contribution is -0.0459. The Hall–Kier alpha value is -1.68. The first-order valence-corrected chi connectivity index (χ1v) is 5.61. The topological polar surface area (TPSA) is 84.6 Å². The standard InChI is InChI=1S/C12H14N2O4/c1-2-3-8-5-13-12(17)14(6-8)11-4-9(16)10(7-15)18-11/h5-6,9-11,15-16H,4,7H2,1H3/t9-,10+,11+/m0/s1. The fourth-order valence-electron chi connectivity index (χ4n) is 1.90. The Kier molecular flexibility index (Phi) is 3.77. The zero-order valence-corrected chi connectivity index (χ0v) is 9.91. The summed E-state index contributed by atoms with van der Waals surface area (Å²) in [5.74, 6) is 5.51. The Labute approximate surface area is 104 Å². The van der Waals surface area contributed by atoms with Gasteiger partial charge in [-0.05, 0) is 6.92 Å². The molecule has 2 rings (SSSR count). The van der Waals surface area contributed by atoms with Crippen molar-refractivity contribution in [3.8, 4) is 11.8 Å². The molecule has 0 unspecified atom stereocenters. The second-order valence-corrected chi connectivity index (χ2v) is 4.02. The summed E-state index contributed by atoms with van der Waals surface area (Å²) in [5.41, 5.74) is 0.134. The minimum absolute atomic E-state index is 0.246. The van der Waals surface area contributed by atoms with E-state index in [1.807, 2.05) is 0 Å². The van der Waals surface area contributed by atoms with Gasteiger partial charge in [0.25, 0.3) is 0 Å². The van der Waals surface area contributed by atoms with Crippen LogP contribution in [0.5, 0.6) is 0 Å². The van der Waals surface area contributed by atoms with Gasteiger partial charge >= 0.3 is 5.69 Å². The molecule has 3 atom stereocenters. The smallest absolute Gasteiger partial charge is 0.349 e. The molecule has 0 radical (unpaired) electrons. The molecule has 0 bridgehead atoms. The molecule has 0 saturated carbocycles. The van der Waals surface area contributed by atoms with Crippen LogP contribution < -0.4 is 5.69 Å². The fraction of sp³-hybridized carbons (Fsp3) is 0.500. The number of hydrogen-bond acceptors (Lipinski definition) is 5. The van der Waals surface area contributed by atoms with Crippen LogP contribution in [0.15, 0.2) is 17.2 Å². The van der Waals surface area contributed by atoms with Gasteiger partial charge in [0.15, 0.2) is 0 Å². The van der Waals surface area contributed by atoms with Crippen LogP contribution in [0.1, 0.15) is 25.1 Å². The van der Waals surface area contributed by atoms with E-state index in [1.54, 1.807) is 13.1 Å². The van der Waals surface area contributed by atoms with Gasteiger partial charge < -0.3 is 14.9 Å². The van der Waals surface area contributed by atoms with Crippen molar-refractivity contribution in [3.05, 3.63) is 28.4 Å². The molecule has 1 aromatic rings. The van der Waals surface area contributed by atoms with Gasteiger partial charge in [-0.15, -0.1) is 5.92 Å². The third kappa shape index (κ3) is 2.43. The highest BCUT2D eigenvalue weighted by atomic mass is 16.5. The van der Waals surface area contributed by atoms with Crippen molar-refractivity contribution in [2.45, 2.75) is 31.8 Å². The Bertz CT molecular complexity index is 543. The molecule has 1 fully saturated rings. The van der Waals surface area contributed by atoms with E-state index in [2.05, 4.69) is 16.8 Å². The van der Waals surface area contributed by atoms with Gasteiger partial charge in [0, 0.05) is 18.8 Å². The Balaban J connectivity index is 2.30. The van der Waals surface area contributed by atoms with Crippen molar-refractivity contribution < 1.29 is 14.9 Å². The summed E-state index contributed by atoms with van der Waals surface area (Å²) in [6.07, 6.45) is 1.12. The summed E-state index contributed by atoms with van der Waals surface area (Å²) in [6.45, 7) is 1.40. The summed E-state index contributed by atoms with van der Waals surface area (Å²) in [5, 5.41) is 18.6. The van der Waals surface area contributed by atoms with Crippen molar-refractivity contribution in [2.75, 3.05) is 6.61 Å². The van der Waals surface area contributed by atoms with Gasteiger partial charge in [0.2, 0.25) is 0 Å². The molecular formula is C12H14N2O4. The lowest BCUT2D eigenvalue weighted by Gasteiger charge is -2.14. The first-order chi connectivity index (χ1) is 8.65. The van der Waals surface area contributed by atoms with Crippen molar-refractivity contribution in [1.29, 1.82) is 0 Å². The van der Waals surface area contributed by atoms with E-state index in [-0.39, 0.29) is 13.0 Å². The van der Waals surface area contributed by atoms with E-state index >= 15 is 0 Å². The summed E-state index contributed by atoms with van der Waals surface area (Å²) in [7, 11) is 0. The molecule has 6 nitrogen and oxygen atoms in total. The van der Waals surface area contributed by atoms with Crippen LogP contribution in [0.3, 0.4) is 0 Å². The predicted octanol–water partition coefficient (Wildman–Crippen LogP) is -0.745. The monoisotopic (exact) mass is 250 g/mol. The number of nitrogens with zero attached hydrogens (tertiary/aromatic N) is 2. The Morgan fingerprint density at radius 3 is 3.06 bits per heavy atom. The van der Waals surface area contributed by atoms with E-state index in [9.17, 15) is 9.90 Å². The Morgan fingerprint density at radius 2 is 2.44 bits per heavy atom. The minimum Gasteiger partial charge on any atom is -0.394 e. The number of rotatable bonds is 2. The quantitative estimate of drug-likeness (QED) is 0.675. The van der Waals surface area contributed by atoms with Gasteiger partial charge in [-0.2, -0.15) is 0 Å². The van der Waals surface area contributed by atoms with Crippen molar-refractivity contribution in [1.82, 2.24) is 9.55 Å². The van der Waals surface area contributed by atoms with Gasteiger partial charge in [-0.3, -0.25) is 4.57 Å². The highest BCUT2D eigenvalue weighted by Crippen LogP contribution is 2.27. The van der Waals surface area contributed by atoms with Crippen LogP contribution in [0.4, 0.5) is 0 Å². The zero-order chi connectivity index (χ0) is 13.1. The maximum Gasteiger partial charge on any atom is 0.349 e. The summed E-state index contributed by atoms with van der Waals surface area (Å²) >= 11 is 0. The summed E-state index contributed by atoms with van der Waals surface area (Å²) in [4.78, 5) is 15.3. The SMILES string of the molecule is CC#Cc1cnc(=O)n([C@H]2C[C@H](O)[C@@H](CO)O2)c1. The maximum atomic E-state index is 11.6. The molecule has 0 aromatic carbocycles. The van der Waals surface area contributed by atoms with Crippen LogP contribution in [0, 0.1) is 11.8 Å². The van der Waals surface area contributed by atoms with Crippen LogP contribution in [-0.4, -0.2) is 38.6 Å². The number of ether oxygens (including phenoxy) is 1. The molecule has 0 amide bonds. The first-order valence-electron chi connectivity index (χ1n) is 5.61. The van der Waals surface area contributed by atoms with Gasteiger partial charge in [-0.1, -0.05) is 5.92 Å². The van der Waals surface area contributed by atoms with Crippen LogP contribution in [0.25, 0.3) is 0 Å². The molecule has 18 heavy (non-hydrogen) atoms. The largest absolute Gasteiger partial charge is 0.394 e. The molecule has 0 aliphatic carbocycles. The van der Waals surface area contributed by atoms with E-state index in [0.29, 0.717) is 5.56 Å². The van der Waals surface area contributed by atoms with Crippen molar-refractivity contribution >= 4 is 0 Å². The van der Waals surface area contributed by atoms with Crippen LogP contribution >= 0.6 is 0 Å². The van der Waals surface area contributed by atoms with E-state index in [4.69, 9.17) is 9.84 Å². The lowest BCUT2D eigenvalue weighted by Crippen LogP contribution is -2.27. The third-order valence-electron chi connectivity index (χ3n) is 2.78. The zero-order valence-electron chi connectivity index (χ0n) is 9.91. The number of aromatic nitrogens is 2. The maximum absolute atomic E-state index is 11.6. The normalized spacial score (nSPS) is 26.7. The molecule has 1 aliphatic heterocycles. The molecule has 1 saturated heterocycles. The molecule has 2 N–H and O–H groups in total. The van der Waals surface area contributed by atoms with Gasteiger partial charge in [0.1, 0.15) is 12.3 Å². The molecule has 2 heterocycles. The fourth-order valence-corrected chi connectivity index (χ4v) is 1.90. The van der Waals surface area contributed by atoms with Crippen molar-refractivity contribution in [3.63, 3.8) is 0 Å². The molecule has 96 valence electrons. The number of aliphatic hydroxyl groups is 2. The highest BCUT2D eigenvalue weighted by Gasteiger charge is 2.34. The van der Waals surface area contributed by atoms with Crippen LogP contribution in [0.2, 0.25) is 0 Å². The molecular weight excluding hydrogens is 236 g/mol. The van der Waals surface area contributed by atoms with E-state index in [0.717, 1.165) is 0 Å². The van der Waals surface area contributed by atoms with Crippen molar-refractivity contribution in [2.24, 2.45) is 0 Å². The summed E-state index contributed by atoms with van der Waals surface area (Å²) in [6, 6.07) is 0.